The average molecular weight is 534 g/mol. The largest absolute Gasteiger partial charge is 0.480 e. The highest BCUT2D eigenvalue weighted by atomic mass is 35.5. The third-order valence-electron chi connectivity index (χ3n) is 7.13. The summed E-state index contributed by atoms with van der Waals surface area (Å²) in [7, 11) is 1.68. The van der Waals surface area contributed by atoms with E-state index in [1.165, 1.54) is 9.80 Å². The highest BCUT2D eigenvalue weighted by Gasteiger charge is 2.54. The first kappa shape index (κ1) is 25.5. The van der Waals surface area contributed by atoms with Gasteiger partial charge in [0.1, 0.15) is 5.15 Å². The minimum atomic E-state index is -1.18. The van der Waals surface area contributed by atoms with Crippen molar-refractivity contribution in [3.8, 4) is 0 Å². The molecule has 2 fully saturated rings. The first-order valence-electron chi connectivity index (χ1n) is 12.4. The molecule has 196 valence electrons. The van der Waals surface area contributed by atoms with E-state index in [0.717, 1.165) is 5.56 Å². The van der Waals surface area contributed by atoms with E-state index in [1.54, 1.807) is 35.2 Å². The van der Waals surface area contributed by atoms with E-state index in [-0.39, 0.29) is 18.6 Å². The van der Waals surface area contributed by atoms with Gasteiger partial charge in [0.15, 0.2) is 6.04 Å². The Morgan fingerprint density at radius 2 is 1.58 bits per heavy atom. The van der Waals surface area contributed by atoms with E-state index in [2.05, 4.69) is 4.98 Å². The highest BCUT2D eigenvalue weighted by Crippen LogP contribution is 2.37. The molecular weight excluding hydrogens is 506 g/mol. The molecule has 2 saturated heterocycles. The standard InChI is InChI=1S/C28H28ClN5O4/c1-31(17-19-12-15-24(29)30-16-19)27(37)34-22-13-14-23(34)25(26(35)36)32(18-22)28(38)33(20-8-4-2-5-9-20)21-10-6-3-7-11-21/h2-12,15-16,22-23,25H,13-14,17-18H2,1H3,(H,35,36)/t22-,23+,25-/m0/s1. The second-order valence-electron chi connectivity index (χ2n) is 9.56. The van der Waals surface area contributed by atoms with Gasteiger partial charge in [0.25, 0.3) is 0 Å². The van der Waals surface area contributed by atoms with Crippen LogP contribution in [0.15, 0.2) is 79.0 Å². The molecule has 9 nitrogen and oxygen atoms in total. The Labute approximate surface area is 225 Å². The monoisotopic (exact) mass is 533 g/mol. The number of aliphatic carboxylic acids is 1. The van der Waals surface area contributed by atoms with Crippen molar-refractivity contribution in [2.24, 2.45) is 0 Å². The maximum atomic E-state index is 14.1. The van der Waals surface area contributed by atoms with Crippen molar-refractivity contribution in [2.45, 2.75) is 37.5 Å². The SMILES string of the molecule is CN(Cc1ccc(Cl)nc1)C(=O)N1[C@H]2CC[C@@H]1[C@@H](C(=O)O)N(C(=O)N(c1ccccc1)c1ccccc1)C2. The van der Waals surface area contributed by atoms with Gasteiger partial charge in [-0.25, -0.2) is 19.4 Å². The van der Waals surface area contributed by atoms with Crippen molar-refractivity contribution in [3.63, 3.8) is 0 Å². The smallest absolute Gasteiger partial charge is 0.329 e. The van der Waals surface area contributed by atoms with Crippen LogP contribution in [0.4, 0.5) is 21.0 Å². The summed E-state index contributed by atoms with van der Waals surface area (Å²) in [4.78, 5) is 50.5. The lowest BCUT2D eigenvalue weighted by atomic mass is 10.0. The number of fused-ring (bicyclic) bond motifs is 2. The number of carboxylic acid groups (broad SMARTS) is 1. The number of rotatable bonds is 5. The second kappa shape index (κ2) is 10.7. The van der Waals surface area contributed by atoms with Crippen molar-refractivity contribution in [1.29, 1.82) is 0 Å². The molecule has 3 heterocycles. The van der Waals surface area contributed by atoms with Crippen LogP contribution in [0.25, 0.3) is 0 Å². The molecule has 0 saturated carbocycles. The molecule has 2 bridgehead atoms. The third kappa shape index (κ3) is 4.89. The lowest BCUT2D eigenvalue weighted by molar-refractivity contribution is -0.145. The number of urea groups is 2. The number of hydrogen-bond donors (Lipinski definition) is 1. The number of anilines is 2. The molecule has 38 heavy (non-hydrogen) atoms. The molecule has 0 unspecified atom stereocenters. The number of amides is 4. The van der Waals surface area contributed by atoms with Gasteiger partial charge >= 0.3 is 18.0 Å². The lowest BCUT2D eigenvalue weighted by Gasteiger charge is -2.47. The molecule has 1 aromatic heterocycles. The van der Waals surface area contributed by atoms with Gasteiger partial charge in [0.2, 0.25) is 0 Å². The molecule has 5 rings (SSSR count). The Morgan fingerprint density at radius 3 is 2.13 bits per heavy atom. The fourth-order valence-electron chi connectivity index (χ4n) is 5.43. The molecule has 0 spiro atoms. The fraction of sp³-hybridized carbons (Fsp3) is 0.286. The number of benzene rings is 2. The van der Waals surface area contributed by atoms with Crippen LogP contribution in [-0.2, 0) is 11.3 Å². The van der Waals surface area contributed by atoms with Crippen molar-refractivity contribution in [2.75, 3.05) is 18.5 Å². The Balaban J connectivity index is 1.42. The average Bonchev–Trinajstić information content (AvgIpc) is 3.22. The van der Waals surface area contributed by atoms with Gasteiger partial charge in [-0.3, -0.25) is 4.90 Å². The Bertz CT molecular complexity index is 1270. The second-order valence-corrected chi connectivity index (χ2v) is 9.95. The van der Waals surface area contributed by atoms with Gasteiger partial charge in [-0.15, -0.1) is 0 Å². The van der Waals surface area contributed by atoms with Gasteiger partial charge in [-0.2, -0.15) is 0 Å². The first-order valence-corrected chi connectivity index (χ1v) is 12.8. The summed E-state index contributed by atoms with van der Waals surface area (Å²) in [5, 5.41) is 10.7. The van der Waals surface area contributed by atoms with Gasteiger partial charge in [0, 0.05) is 26.3 Å². The predicted octanol–water partition coefficient (Wildman–Crippen LogP) is 4.85. The summed E-state index contributed by atoms with van der Waals surface area (Å²) in [5.41, 5.74) is 2.08. The van der Waals surface area contributed by atoms with Crippen LogP contribution >= 0.6 is 11.6 Å². The topological polar surface area (TPSA) is 97.3 Å². The Morgan fingerprint density at radius 1 is 0.947 bits per heavy atom. The molecule has 4 amide bonds. The number of nitrogens with zero attached hydrogens (tertiary/aromatic N) is 5. The molecule has 10 heteroatoms. The Kier molecular flexibility index (Phi) is 7.20. The minimum Gasteiger partial charge on any atom is -0.480 e. The van der Waals surface area contributed by atoms with Crippen molar-refractivity contribution >= 4 is 41.0 Å². The normalized spacial score (nSPS) is 20.2. The number of likely N-dealkylation sites (tertiary alicyclic amines) is 1. The first-order chi connectivity index (χ1) is 18.3. The van der Waals surface area contributed by atoms with Crippen molar-refractivity contribution in [3.05, 3.63) is 89.7 Å². The molecule has 2 aliphatic rings. The number of aromatic nitrogens is 1. The summed E-state index contributed by atoms with van der Waals surface area (Å²) in [5.74, 6) is -1.13. The molecule has 1 N–H and O–H groups in total. The summed E-state index contributed by atoms with van der Waals surface area (Å²) in [6, 6.07) is 19.0. The van der Waals surface area contributed by atoms with Gasteiger partial charge in [0.05, 0.1) is 23.5 Å². The molecule has 2 aliphatic heterocycles. The van der Waals surface area contributed by atoms with Gasteiger partial charge < -0.3 is 19.8 Å². The van der Waals surface area contributed by atoms with Crippen LogP contribution in [-0.4, -0.2) is 74.5 Å². The van der Waals surface area contributed by atoms with E-state index < -0.39 is 24.1 Å². The van der Waals surface area contributed by atoms with Crippen molar-refractivity contribution < 1.29 is 19.5 Å². The number of carbonyl (C=O) groups excluding carboxylic acids is 2. The van der Waals surface area contributed by atoms with Crippen molar-refractivity contribution in [1.82, 2.24) is 19.7 Å². The fourth-order valence-corrected chi connectivity index (χ4v) is 5.55. The number of carbonyl (C=O) groups is 3. The van der Waals surface area contributed by atoms with Gasteiger partial charge in [-0.05, 0) is 48.7 Å². The van der Waals surface area contributed by atoms with Gasteiger partial charge in [-0.1, -0.05) is 54.1 Å². The molecular formula is C28H28ClN5O4. The number of pyridine rings is 1. The lowest BCUT2D eigenvalue weighted by Crippen LogP contribution is -2.67. The number of halogens is 1. The van der Waals surface area contributed by atoms with E-state index in [9.17, 15) is 19.5 Å². The van der Waals surface area contributed by atoms with Crippen LogP contribution in [0.2, 0.25) is 5.15 Å². The molecule has 0 aliphatic carbocycles. The summed E-state index contributed by atoms with van der Waals surface area (Å²) < 4.78 is 0. The zero-order valence-electron chi connectivity index (χ0n) is 20.9. The molecule has 0 radical (unpaired) electrons. The number of piperazine rings is 1. The maximum absolute atomic E-state index is 14.1. The number of carboxylic acids is 1. The predicted molar refractivity (Wildman–Crippen MR) is 143 cm³/mol. The number of para-hydroxylation sites is 2. The van der Waals surface area contributed by atoms with Crippen LogP contribution in [0, 0.1) is 0 Å². The summed E-state index contributed by atoms with van der Waals surface area (Å²) >= 11 is 5.87. The van der Waals surface area contributed by atoms with Crippen LogP contribution in [0.1, 0.15) is 18.4 Å². The van der Waals surface area contributed by atoms with Crippen LogP contribution in [0.3, 0.4) is 0 Å². The summed E-state index contributed by atoms with van der Waals surface area (Å²) in [6.07, 6.45) is 2.74. The highest BCUT2D eigenvalue weighted by molar-refractivity contribution is 6.29. The van der Waals surface area contributed by atoms with Crippen LogP contribution in [0.5, 0.6) is 0 Å². The van der Waals surface area contributed by atoms with E-state index in [4.69, 9.17) is 11.6 Å². The molecule has 2 aromatic carbocycles. The third-order valence-corrected chi connectivity index (χ3v) is 7.35. The maximum Gasteiger partial charge on any atom is 0.329 e. The van der Waals surface area contributed by atoms with E-state index in [0.29, 0.717) is 35.9 Å². The molecule has 3 atom stereocenters. The Hall–Kier alpha value is -4.11. The quantitative estimate of drug-likeness (QED) is 0.473. The minimum absolute atomic E-state index is 0.130. The van der Waals surface area contributed by atoms with Crippen LogP contribution < -0.4 is 4.90 Å². The number of hydrogen-bond acceptors (Lipinski definition) is 4. The van der Waals surface area contributed by atoms with E-state index >= 15 is 0 Å². The summed E-state index contributed by atoms with van der Waals surface area (Å²) in [6.45, 7) is 0.430. The zero-order valence-corrected chi connectivity index (χ0v) is 21.6. The van der Waals surface area contributed by atoms with E-state index in [1.807, 2.05) is 60.7 Å². The molecule has 3 aromatic rings. The zero-order chi connectivity index (χ0) is 26.8.